The van der Waals surface area contributed by atoms with Crippen molar-refractivity contribution in [2.75, 3.05) is 0 Å². The fourth-order valence-corrected chi connectivity index (χ4v) is 6.96. The Morgan fingerprint density at radius 3 is 1.73 bits per heavy atom. The average Bonchev–Trinajstić information content (AvgIpc) is 3.83. The predicted molar refractivity (Wildman–Crippen MR) is 209 cm³/mol. The lowest BCUT2D eigenvalue weighted by molar-refractivity contribution is 0.619. The Hall–Kier alpha value is -7.11. The normalized spacial score (nSPS) is 11.5. The summed E-state index contributed by atoms with van der Waals surface area (Å²) in [6.07, 6.45) is 0. The zero-order valence-corrected chi connectivity index (χ0v) is 27.9. The molecule has 5 nitrogen and oxygen atoms in total. The van der Waals surface area contributed by atoms with Gasteiger partial charge in [-0.15, -0.1) is 0 Å². The summed E-state index contributed by atoms with van der Waals surface area (Å²) in [7, 11) is 0. The van der Waals surface area contributed by atoms with Crippen LogP contribution in [0.25, 0.3) is 101 Å². The number of para-hydroxylation sites is 2. The Morgan fingerprint density at radius 1 is 0.346 bits per heavy atom. The van der Waals surface area contributed by atoms with Crippen LogP contribution in [0.1, 0.15) is 0 Å². The summed E-state index contributed by atoms with van der Waals surface area (Å²) in [6.45, 7) is 0. The van der Waals surface area contributed by atoms with E-state index >= 15 is 0 Å². The average molecular weight is 668 g/mol. The molecule has 0 aliphatic heterocycles. The van der Waals surface area contributed by atoms with E-state index in [1.807, 2.05) is 60.7 Å². The quantitative estimate of drug-likeness (QED) is 0.177. The number of nitrogens with zero attached hydrogens (tertiary/aromatic N) is 3. The van der Waals surface area contributed by atoms with E-state index in [4.69, 9.17) is 23.8 Å². The van der Waals surface area contributed by atoms with Crippen molar-refractivity contribution >= 4 is 33.0 Å². The second-order valence-electron chi connectivity index (χ2n) is 12.8. The van der Waals surface area contributed by atoms with E-state index < -0.39 is 0 Å². The van der Waals surface area contributed by atoms with Crippen LogP contribution >= 0.6 is 0 Å². The summed E-state index contributed by atoms with van der Waals surface area (Å²) in [5, 5.41) is 1.93. The molecule has 5 heteroatoms. The number of benzene rings is 7. The van der Waals surface area contributed by atoms with Crippen LogP contribution in [0.3, 0.4) is 0 Å². The largest absolute Gasteiger partial charge is 0.456 e. The molecule has 0 fully saturated rings. The van der Waals surface area contributed by atoms with E-state index in [1.54, 1.807) is 0 Å². The molecule has 0 N–H and O–H groups in total. The Balaban J connectivity index is 1.13. The van der Waals surface area contributed by atoms with Crippen molar-refractivity contribution in [2.45, 2.75) is 0 Å². The van der Waals surface area contributed by atoms with E-state index in [1.165, 1.54) is 5.56 Å². The molecule has 3 aromatic heterocycles. The fourth-order valence-electron chi connectivity index (χ4n) is 6.96. The summed E-state index contributed by atoms with van der Waals surface area (Å²) in [4.78, 5) is 15.2. The number of oxazole rings is 1. The smallest absolute Gasteiger partial charge is 0.227 e. The summed E-state index contributed by atoms with van der Waals surface area (Å²) in [5.41, 5.74) is 13.1. The molecule has 244 valence electrons. The van der Waals surface area contributed by atoms with Crippen LogP contribution in [0.15, 0.2) is 185 Å². The molecule has 0 saturated heterocycles. The minimum Gasteiger partial charge on any atom is -0.456 e. The van der Waals surface area contributed by atoms with Gasteiger partial charge < -0.3 is 8.83 Å². The van der Waals surface area contributed by atoms with Crippen molar-refractivity contribution in [3.63, 3.8) is 0 Å². The number of fused-ring (bicyclic) bond motifs is 4. The Labute approximate surface area is 299 Å². The molecule has 52 heavy (non-hydrogen) atoms. The minimum absolute atomic E-state index is 0.556. The van der Waals surface area contributed by atoms with Crippen LogP contribution < -0.4 is 0 Å². The third kappa shape index (κ3) is 5.32. The number of aromatic nitrogens is 3. The monoisotopic (exact) mass is 667 g/mol. The third-order valence-electron chi connectivity index (χ3n) is 9.56. The van der Waals surface area contributed by atoms with Gasteiger partial charge in [0.1, 0.15) is 16.7 Å². The molecule has 0 saturated carbocycles. The molecule has 0 aliphatic carbocycles. The maximum absolute atomic E-state index is 6.48. The molecule has 0 radical (unpaired) electrons. The molecule has 0 amide bonds. The lowest BCUT2D eigenvalue weighted by Crippen LogP contribution is -1.96. The maximum atomic E-state index is 6.48. The summed E-state index contributed by atoms with van der Waals surface area (Å²) >= 11 is 0. The van der Waals surface area contributed by atoms with E-state index in [0.717, 1.165) is 83.4 Å². The van der Waals surface area contributed by atoms with E-state index in [-0.39, 0.29) is 0 Å². The molecule has 10 rings (SSSR count). The van der Waals surface area contributed by atoms with Crippen molar-refractivity contribution in [1.29, 1.82) is 0 Å². The highest BCUT2D eigenvalue weighted by molar-refractivity contribution is 6.12. The van der Waals surface area contributed by atoms with Crippen LogP contribution in [-0.4, -0.2) is 15.0 Å². The predicted octanol–water partition coefficient (Wildman–Crippen LogP) is 12.5. The van der Waals surface area contributed by atoms with Gasteiger partial charge in [0.15, 0.2) is 11.4 Å². The molecule has 7 aromatic carbocycles. The molecule has 0 bridgehead atoms. The van der Waals surface area contributed by atoms with Crippen LogP contribution in [0, 0.1) is 0 Å². The Kier molecular flexibility index (Phi) is 7.07. The van der Waals surface area contributed by atoms with E-state index in [0.29, 0.717) is 11.7 Å². The van der Waals surface area contributed by atoms with Crippen molar-refractivity contribution in [2.24, 2.45) is 0 Å². The molecule has 10 aromatic rings. The van der Waals surface area contributed by atoms with Gasteiger partial charge in [0.25, 0.3) is 0 Å². The highest BCUT2D eigenvalue weighted by Gasteiger charge is 2.19. The van der Waals surface area contributed by atoms with Gasteiger partial charge in [-0.3, -0.25) is 0 Å². The van der Waals surface area contributed by atoms with E-state index in [2.05, 4.69) is 115 Å². The molecule has 0 aliphatic rings. The van der Waals surface area contributed by atoms with Crippen molar-refractivity contribution in [3.8, 4) is 67.6 Å². The topological polar surface area (TPSA) is 65.0 Å². The summed E-state index contributed by atoms with van der Waals surface area (Å²) in [6, 6.07) is 60.0. The molecule has 0 atom stereocenters. The van der Waals surface area contributed by atoms with Crippen LogP contribution in [-0.2, 0) is 0 Å². The molecular weight excluding hydrogens is 639 g/mol. The standard InChI is InChI=1S/C47H29N3O2/c1-3-11-30(12-4-1)32-21-23-33(24-22-32)40-29-41(35-16-9-15-34(27-35)31-13-5-2-6-14-31)49-46(48-40)38-17-10-20-43-45(38)37-26-25-36(28-44(37)51-43)47-50-39-18-7-8-19-42(39)52-47/h1-29H. The first kappa shape index (κ1) is 29.8. The zero-order valence-electron chi connectivity index (χ0n) is 27.9. The fraction of sp³-hybridized carbons (Fsp3) is 0. The van der Waals surface area contributed by atoms with Gasteiger partial charge in [0.2, 0.25) is 5.89 Å². The Bertz CT molecular complexity index is 2860. The minimum atomic E-state index is 0.556. The molecule has 0 unspecified atom stereocenters. The number of rotatable bonds is 6. The molecule has 3 heterocycles. The lowest BCUT2D eigenvalue weighted by atomic mass is 9.99. The summed E-state index contributed by atoms with van der Waals surface area (Å²) in [5.74, 6) is 1.18. The first-order valence-electron chi connectivity index (χ1n) is 17.3. The van der Waals surface area contributed by atoms with Gasteiger partial charge >= 0.3 is 0 Å². The van der Waals surface area contributed by atoms with Crippen LogP contribution in [0.4, 0.5) is 0 Å². The second-order valence-corrected chi connectivity index (χ2v) is 12.8. The van der Waals surface area contributed by atoms with Crippen LogP contribution in [0.5, 0.6) is 0 Å². The highest BCUT2D eigenvalue weighted by Crippen LogP contribution is 2.39. The SMILES string of the molecule is c1ccc(-c2ccc(-c3cc(-c4cccc(-c5ccccc5)c4)nc(-c4cccc5oc6cc(-c7nc8ccccc8o7)ccc6c45)n3)cc2)cc1. The van der Waals surface area contributed by atoms with Crippen molar-refractivity contribution < 1.29 is 8.83 Å². The molecule has 0 spiro atoms. The number of furan rings is 1. The maximum Gasteiger partial charge on any atom is 0.227 e. The highest BCUT2D eigenvalue weighted by atomic mass is 16.3. The summed E-state index contributed by atoms with van der Waals surface area (Å²) < 4.78 is 12.6. The van der Waals surface area contributed by atoms with Gasteiger partial charge in [0, 0.05) is 33.0 Å². The number of hydrogen-bond acceptors (Lipinski definition) is 5. The first-order chi connectivity index (χ1) is 25.7. The van der Waals surface area contributed by atoms with E-state index in [9.17, 15) is 0 Å². The number of hydrogen-bond donors (Lipinski definition) is 0. The Morgan fingerprint density at radius 2 is 0.942 bits per heavy atom. The van der Waals surface area contributed by atoms with Crippen molar-refractivity contribution in [3.05, 3.63) is 176 Å². The van der Waals surface area contributed by atoms with Gasteiger partial charge in [-0.25, -0.2) is 15.0 Å². The first-order valence-corrected chi connectivity index (χ1v) is 17.3. The third-order valence-corrected chi connectivity index (χ3v) is 9.56. The lowest BCUT2D eigenvalue weighted by Gasteiger charge is -2.12. The van der Waals surface area contributed by atoms with Gasteiger partial charge in [-0.2, -0.15) is 0 Å². The second kappa shape index (κ2) is 12.3. The van der Waals surface area contributed by atoms with Gasteiger partial charge in [-0.1, -0.05) is 127 Å². The van der Waals surface area contributed by atoms with Crippen molar-refractivity contribution in [1.82, 2.24) is 15.0 Å². The zero-order chi connectivity index (χ0) is 34.4. The van der Waals surface area contributed by atoms with Crippen LogP contribution in [0.2, 0.25) is 0 Å². The van der Waals surface area contributed by atoms with Gasteiger partial charge in [-0.05, 0) is 70.8 Å². The molecular formula is C47H29N3O2. The van der Waals surface area contributed by atoms with Gasteiger partial charge in [0.05, 0.1) is 11.4 Å².